The zero-order valence-electron chi connectivity index (χ0n) is 10.0. The first-order valence-electron chi connectivity index (χ1n) is 5.72. The maximum absolute atomic E-state index is 11.7. The lowest BCUT2D eigenvalue weighted by Crippen LogP contribution is -2.24. The minimum absolute atomic E-state index is 0.0196. The van der Waals surface area contributed by atoms with Gasteiger partial charge < -0.3 is 10.4 Å². The molecular formula is C13H13ClN2O2S. The van der Waals surface area contributed by atoms with Crippen molar-refractivity contribution in [3.63, 3.8) is 0 Å². The summed E-state index contributed by atoms with van der Waals surface area (Å²) in [6, 6.07) is 6.79. The van der Waals surface area contributed by atoms with Crippen molar-refractivity contribution < 1.29 is 9.90 Å². The predicted octanol–water partition coefficient (Wildman–Crippen LogP) is 2.54. The van der Waals surface area contributed by atoms with Crippen LogP contribution in [0.1, 0.15) is 23.8 Å². The number of thiazole rings is 1. The summed E-state index contributed by atoms with van der Waals surface area (Å²) in [5.41, 5.74) is 3.21. The number of nitrogens with zero attached hydrogens (tertiary/aromatic N) is 1. The number of rotatable bonds is 5. The number of benzene rings is 1. The summed E-state index contributed by atoms with van der Waals surface area (Å²) in [5, 5.41) is 15.1. The first-order valence-corrected chi connectivity index (χ1v) is 7.04. The Bertz CT molecular complexity index is 528. The van der Waals surface area contributed by atoms with Crippen molar-refractivity contribution in [1.82, 2.24) is 10.3 Å². The third-order valence-corrected chi connectivity index (χ3v) is 3.47. The lowest BCUT2D eigenvalue weighted by molar-refractivity contribution is -0.123. The third kappa shape index (κ3) is 4.31. The van der Waals surface area contributed by atoms with Gasteiger partial charge in [0.2, 0.25) is 5.91 Å². The molecule has 2 aromatic rings. The average Bonchev–Trinajstić information content (AvgIpc) is 2.90. The van der Waals surface area contributed by atoms with E-state index in [1.807, 2.05) is 5.38 Å². The molecule has 100 valence electrons. The Balaban J connectivity index is 1.83. The van der Waals surface area contributed by atoms with Crippen molar-refractivity contribution in [2.75, 3.05) is 0 Å². The molecule has 4 nitrogen and oxygen atoms in total. The highest BCUT2D eigenvalue weighted by atomic mass is 35.5. The molecule has 0 fully saturated rings. The lowest BCUT2D eigenvalue weighted by Gasteiger charge is -2.11. The standard InChI is InChI=1S/C13H13ClN2O2S/c14-10-3-1-9(2-4-10)12(17)5-13(18)15-6-11-7-19-8-16-11/h1-4,7-8,12,17H,5-6H2,(H,15,18). The van der Waals surface area contributed by atoms with E-state index in [0.717, 1.165) is 5.69 Å². The van der Waals surface area contributed by atoms with Gasteiger partial charge in [0.1, 0.15) is 0 Å². The van der Waals surface area contributed by atoms with Crippen LogP contribution in [0.5, 0.6) is 0 Å². The van der Waals surface area contributed by atoms with Gasteiger partial charge >= 0.3 is 0 Å². The van der Waals surface area contributed by atoms with Crippen molar-refractivity contribution in [3.05, 3.63) is 51.4 Å². The zero-order chi connectivity index (χ0) is 13.7. The van der Waals surface area contributed by atoms with Gasteiger partial charge in [-0.15, -0.1) is 11.3 Å². The number of aromatic nitrogens is 1. The lowest BCUT2D eigenvalue weighted by atomic mass is 10.1. The number of aliphatic hydroxyl groups is 1. The molecular weight excluding hydrogens is 284 g/mol. The molecule has 0 radical (unpaired) electrons. The molecule has 0 spiro atoms. The first kappa shape index (κ1) is 14.0. The van der Waals surface area contributed by atoms with E-state index in [1.165, 1.54) is 11.3 Å². The van der Waals surface area contributed by atoms with Gasteiger partial charge in [0, 0.05) is 10.4 Å². The molecule has 1 aromatic heterocycles. The van der Waals surface area contributed by atoms with Crippen LogP contribution in [0.4, 0.5) is 0 Å². The van der Waals surface area contributed by atoms with E-state index in [4.69, 9.17) is 11.6 Å². The number of amides is 1. The number of aliphatic hydroxyl groups excluding tert-OH is 1. The second-order valence-electron chi connectivity index (χ2n) is 4.03. The summed E-state index contributed by atoms with van der Waals surface area (Å²) >= 11 is 7.24. The van der Waals surface area contributed by atoms with Crippen molar-refractivity contribution in [2.24, 2.45) is 0 Å². The fourth-order valence-electron chi connectivity index (χ4n) is 1.56. The maximum Gasteiger partial charge on any atom is 0.223 e. The van der Waals surface area contributed by atoms with E-state index in [0.29, 0.717) is 17.1 Å². The smallest absolute Gasteiger partial charge is 0.223 e. The molecule has 0 aliphatic heterocycles. The molecule has 1 unspecified atom stereocenters. The van der Waals surface area contributed by atoms with Crippen molar-refractivity contribution >= 4 is 28.8 Å². The molecule has 0 saturated heterocycles. The van der Waals surface area contributed by atoms with Gasteiger partial charge in [0.15, 0.2) is 0 Å². The quantitative estimate of drug-likeness (QED) is 0.891. The molecule has 0 saturated carbocycles. The SMILES string of the molecule is O=C(CC(O)c1ccc(Cl)cc1)NCc1cscn1. The van der Waals surface area contributed by atoms with E-state index >= 15 is 0 Å². The number of carbonyl (C=O) groups is 1. The van der Waals surface area contributed by atoms with Crippen LogP contribution in [0.25, 0.3) is 0 Å². The number of carbonyl (C=O) groups excluding carboxylic acids is 1. The van der Waals surface area contributed by atoms with Gasteiger partial charge in [0.25, 0.3) is 0 Å². The molecule has 0 aliphatic rings. The second kappa shape index (κ2) is 6.65. The molecule has 1 amide bonds. The van der Waals surface area contributed by atoms with Crippen LogP contribution in [0.2, 0.25) is 5.02 Å². The maximum atomic E-state index is 11.7. The van der Waals surface area contributed by atoms with Crippen LogP contribution < -0.4 is 5.32 Å². The Morgan fingerprint density at radius 2 is 2.16 bits per heavy atom. The summed E-state index contributed by atoms with van der Waals surface area (Å²) in [4.78, 5) is 15.7. The second-order valence-corrected chi connectivity index (χ2v) is 5.18. The Hall–Kier alpha value is -1.43. The zero-order valence-corrected chi connectivity index (χ0v) is 11.6. The van der Waals surface area contributed by atoms with Crippen molar-refractivity contribution in [2.45, 2.75) is 19.1 Å². The average molecular weight is 297 g/mol. The Labute approximate surface area is 120 Å². The Kier molecular flexibility index (Phi) is 4.90. The number of hydrogen-bond acceptors (Lipinski definition) is 4. The summed E-state index contributed by atoms with van der Waals surface area (Å²) in [6.07, 6.45) is -0.807. The van der Waals surface area contributed by atoms with Crippen LogP contribution in [-0.4, -0.2) is 16.0 Å². The molecule has 19 heavy (non-hydrogen) atoms. The van der Waals surface area contributed by atoms with Gasteiger partial charge in [-0.3, -0.25) is 4.79 Å². The monoisotopic (exact) mass is 296 g/mol. The Morgan fingerprint density at radius 3 is 2.79 bits per heavy atom. The van der Waals surface area contributed by atoms with Crippen molar-refractivity contribution in [3.8, 4) is 0 Å². The van der Waals surface area contributed by atoms with Crippen LogP contribution in [0.15, 0.2) is 35.2 Å². The topological polar surface area (TPSA) is 62.2 Å². The number of hydrogen-bond donors (Lipinski definition) is 2. The fraction of sp³-hybridized carbons (Fsp3) is 0.231. The van der Waals surface area contributed by atoms with Gasteiger partial charge in [-0.1, -0.05) is 23.7 Å². The normalized spacial score (nSPS) is 12.1. The number of nitrogens with one attached hydrogen (secondary N) is 1. The van der Waals surface area contributed by atoms with Gasteiger partial charge in [-0.25, -0.2) is 4.98 Å². The van der Waals surface area contributed by atoms with E-state index in [-0.39, 0.29) is 12.3 Å². The van der Waals surface area contributed by atoms with Crippen LogP contribution >= 0.6 is 22.9 Å². The van der Waals surface area contributed by atoms with Crippen molar-refractivity contribution in [1.29, 1.82) is 0 Å². The highest BCUT2D eigenvalue weighted by molar-refractivity contribution is 7.07. The number of halogens is 1. The first-order chi connectivity index (χ1) is 9.15. The van der Waals surface area contributed by atoms with E-state index in [2.05, 4.69) is 10.3 Å². The molecule has 1 atom stereocenters. The highest BCUT2D eigenvalue weighted by Crippen LogP contribution is 2.19. The van der Waals surface area contributed by atoms with Gasteiger partial charge in [-0.05, 0) is 17.7 Å². The van der Waals surface area contributed by atoms with Gasteiger partial charge in [0.05, 0.1) is 30.3 Å². The molecule has 6 heteroatoms. The molecule has 0 bridgehead atoms. The summed E-state index contributed by atoms with van der Waals surface area (Å²) < 4.78 is 0. The fourth-order valence-corrected chi connectivity index (χ4v) is 2.25. The summed E-state index contributed by atoms with van der Waals surface area (Å²) in [5.74, 6) is -0.213. The molecule has 0 aliphatic carbocycles. The predicted molar refractivity (Wildman–Crippen MR) is 75.0 cm³/mol. The summed E-state index contributed by atoms with van der Waals surface area (Å²) in [6.45, 7) is 0.385. The van der Waals surface area contributed by atoms with Crippen LogP contribution in [0.3, 0.4) is 0 Å². The minimum atomic E-state index is -0.826. The van der Waals surface area contributed by atoms with E-state index in [1.54, 1.807) is 29.8 Å². The van der Waals surface area contributed by atoms with Crippen LogP contribution in [0, 0.1) is 0 Å². The molecule has 2 rings (SSSR count). The van der Waals surface area contributed by atoms with E-state index in [9.17, 15) is 9.90 Å². The third-order valence-electron chi connectivity index (χ3n) is 2.58. The molecule has 2 N–H and O–H groups in total. The minimum Gasteiger partial charge on any atom is -0.388 e. The molecule has 1 aromatic carbocycles. The van der Waals surface area contributed by atoms with Crippen LogP contribution in [-0.2, 0) is 11.3 Å². The highest BCUT2D eigenvalue weighted by Gasteiger charge is 2.12. The summed E-state index contributed by atoms with van der Waals surface area (Å²) in [7, 11) is 0. The largest absolute Gasteiger partial charge is 0.388 e. The molecule has 1 heterocycles. The van der Waals surface area contributed by atoms with Gasteiger partial charge in [-0.2, -0.15) is 0 Å². The Morgan fingerprint density at radius 1 is 1.42 bits per heavy atom. The van der Waals surface area contributed by atoms with E-state index < -0.39 is 6.10 Å².